The number of hydrogen-bond donors (Lipinski definition) is 1. The zero-order valence-electron chi connectivity index (χ0n) is 17.2. The first-order chi connectivity index (χ1) is 15.3. The van der Waals surface area contributed by atoms with Crippen molar-refractivity contribution < 1.29 is 27.8 Å². The van der Waals surface area contributed by atoms with E-state index >= 15 is 0 Å². The Bertz CT molecular complexity index is 970. The molecule has 1 aliphatic rings. The van der Waals surface area contributed by atoms with Crippen LogP contribution in [0.4, 0.5) is 8.78 Å². The van der Waals surface area contributed by atoms with Gasteiger partial charge in [0.15, 0.2) is 11.5 Å². The highest BCUT2D eigenvalue weighted by molar-refractivity contribution is 6.35. The molecule has 0 saturated carbocycles. The van der Waals surface area contributed by atoms with Crippen molar-refractivity contribution in [1.82, 2.24) is 10.2 Å². The molecule has 1 fully saturated rings. The molecule has 1 aliphatic heterocycles. The number of alkyl halides is 2. The van der Waals surface area contributed by atoms with Gasteiger partial charge in [-0.3, -0.25) is 9.59 Å². The van der Waals surface area contributed by atoms with E-state index in [4.69, 9.17) is 27.9 Å². The van der Waals surface area contributed by atoms with E-state index in [0.29, 0.717) is 47.0 Å². The number of carbonyl (C=O) groups is 2. The van der Waals surface area contributed by atoms with Crippen molar-refractivity contribution in [2.45, 2.75) is 31.9 Å². The zero-order valence-corrected chi connectivity index (χ0v) is 18.8. The van der Waals surface area contributed by atoms with Crippen LogP contribution in [-0.2, 0) is 11.2 Å². The summed E-state index contributed by atoms with van der Waals surface area (Å²) < 4.78 is 34.7. The van der Waals surface area contributed by atoms with Crippen molar-refractivity contribution in [2.24, 2.45) is 0 Å². The number of ether oxygens (including phenoxy) is 2. The molecule has 1 unspecified atom stereocenters. The summed E-state index contributed by atoms with van der Waals surface area (Å²) in [6.45, 7) is -2.26. The van der Waals surface area contributed by atoms with Gasteiger partial charge in [-0.15, -0.1) is 0 Å². The molecule has 0 bridgehead atoms. The van der Waals surface area contributed by atoms with Gasteiger partial charge in [-0.05, 0) is 55.2 Å². The minimum atomic E-state index is -2.97. The quantitative estimate of drug-likeness (QED) is 0.593. The van der Waals surface area contributed by atoms with E-state index in [0.717, 1.165) is 0 Å². The van der Waals surface area contributed by atoms with Gasteiger partial charge in [-0.25, -0.2) is 0 Å². The van der Waals surface area contributed by atoms with Gasteiger partial charge in [0.1, 0.15) is 6.04 Å². The molecule has 6 nitrogen and oxygen atoms in total. The first kappa shape index (κ1) is 24.1. The fourth-order valence-corrected chi connectivity index (χ4v) is 4.16. The molecule has 172 valence electrons. The highest BCUT2D eigenvalue weighted by atomic mass is 35.5. The number of rotatable bonds is 8. The average molecular weight is 487 g/mol. The van der Waals surface area contributed by atoms with Crippen LogP contribution in [0.2, 0.25) is 10.0 Å². The minimum absolute atomic E-state index is 0.0703. The lowest BCUT2D eigenvalue weighted by atomic mass is 10.1. The third-order valence-electron chi connectivity index (χ3n) is 5.08. The summed E-state index contributed by atoms with van der Waals surface area (Å²) in [7, 11) is 1.36. The Morgan fingerprint density at radius 2 is 1.88 bits per heavy atom. The van der Waals surface area contributed by atoms with Crippen LogP contribution >= 0.6 is 23.2 Å². The molecule has 0 aromatic heterocycles. The number of likely N-dealkylation sites (tertiary alicyclic amines) is 1. The van der Waals surface area contributed by atoms with E-state index in [-0.39, 0.29) is 29.9 Å². The van der Waals surface area contributed by atoms with Gasteiger partial charge in [-0.1, -0.05) is 29.3 Å². The van der Waals surface area contributed by atoms with Crippen LogP contribution in [0.5, 0.6) is 11.5 Å². The average Bonchev–Trinajstić information content (AvgIpc) is 3.22. The van der Waals surface area contributed by atoms with Crippen LogP contribution in [0.3, 0.4) is 0 Å². The van der Waals surface area contributed by atoms with Crippen molar-refractivity contribution in [3.8, 4) is 11.5 Å². The van der Waals surface area contributed by atoms with Gasteiger partial charge in [-0.2, -0.15) is 8.78 Å². The molecule has 2 aromatic rings. The highest BCUT2D eigenvalue weighted by Gasteiger charge is 2.34. The molecule has 32 heavy (non-hydrogen) atoms. The van der Waals surface area contributed by atoms with Crippen LogP contribution in [0, 0.1) is 0 Å². The molecule has 2 amide bonds. The molecule has 0 aliphatic carbocycles. The summed E-state index contributed by atoms with van der Waals surface area (Å²) in [5.41, 5.74) is 1.02. The molecule has 3 rings (SSSR count). The van der Waals surface area contributed by atoms with E-state index in [9.17, 15) is 18.4 Å². The van der Waals surface area contributed by atoms with Gasteiger partial charge in [0.05, 0.1) is 7.11 Å². The summed E-state index contributed by atoms with van der Waals surface area (Å²) >= 11 is 12.0. The number of benzene rings is 2. The monoisotopic (exact) mass is 486 g/mol. The molecule has 1 N–H and O–H groups in total. The second-order valence-electron chi connectivity index (χ2n) is 7.22. The fourth-order valence-electron chi connectivity index (χ4n) is 3.64. The van der Waals surface area contributed by atoms with Gasteiger partial charge >= 0.3 is 6.61 Å². The Kier molecular flexibility index (Phi) is 8.15. The van der Waals surface area contributed by atoms with Crippen molar-refractivity contribution in [3.63, 3.8) is 0 Å². The van der Waals surface area contributed by atoms with E-state index < -0.39 is 12.7 Å². The summed E-state index contributed by atoms with van der Waals surface area (Å²) in [5, 5.41) is 3.50. The van der Waals surface area contributed by atoms with Crippen molar-refractivity contribution in [1.29, 1.82) is 0 Å². The first-order valence-corrected chi connectivity index (χ1v) is 10.7. The van der Waals surface area contributed by atoms with Crippen LogP contribution in [0.25, 0.3) is 0 Å². The Morgan fingerprint density at radius 1 is 1.16 bits per heavy atom. The predicted octanol–water partition coefficient (Wildman–Crippen LogP) is 4.57. The molecule has 0 spiro atoms. The van der Waals surface area contributed by atoms with Crippen molar-refractivity contribution >= 4 is 35.0 Å². The van der Waals surface area contributed by atoms with Gasteiger partial charge in [0, 0.05) is 28.7 Å². The summed E-state index contributed by atoms with van der Waals surface area (Å²) in [6, 6.07) is 8.65. The molecule has 1 heterocycles. The Hall–Kier alpha value is -2.58. The number of methoxy groups -OCH3 is 1. The smallest absolute Gasteiger partial charge is 0.387 e. The van der Waals surface area contributed by atoms with Crippen LogP contribution in [0.1, 0.15) is 28.8 Å². The normalized spacial score (nSPS) is 15.7. The molecule has 10 heteroatoms. The second kappa shape index (κ2) is 10.8. The minimum Gasteiger partial charge on any atom is -0.493 e. The number of halogens is 4. The van der Waals surface area contributed by atoms with Crippen molar-refractivity contribution in [3.05, 3.63) is 57.6 Å². The van der Waals surface area contributed by atoms with Gasteiger partial charge in [0.25, 0.3) is 5.91 Å². The first-order valence-electron chi connectivity index (χ1n) is 9.95. The lowest BCUT2D eigenvalue weighted by molar-refractivity contribution is -0.124. The maximum Gasteiger partial charge on any atom is 0.387 e. The molecular weight excluding hydrogens is 465 g/mol. The number of amides is 2. The third-order valence-corrected chi connectivity index (χ3v) is 5.52. The molecule has 0 radical (unpaired) electrons. The largest absolute Gasteiger partial charge is 0.493 e. The molecule has 2 aromatic carbocycles. The molecule has 1 atom stereocenters. The van der Waals surface area contributed by atoms with E-state index in [1.54, 1.807) is 6.07 Å². The predicted molar refractivity (Wildman–Crippen MR) is 117 cm³/mol. The Balaban J connectivity index is 1.60. The number of nitrogens with zero attached hydrogens (tertiary/aromatic N) is 1. The van der Waals surface area contributed by atoms with Crippen LogP contribution in [0.15, 0.2) is 36.4 Å². The van der Waals surface area contributed by atoms with Gasteiger partial charge in [0.2, 0.25) is 5.91 Å². The Morgan fingerprint density at radius 3 is 2.53 bits per heavy atom. The Labute approximate surface area is 194 Å². The molecule has 1 saturated heterocycles. The lowest BCUT2D eigenvalue weighted by Crippen LogP contribution is -2.46. The lowest BCUT2D eigenvalue weighted by Gasteiger charge is -2.24. The van der Waals surface area contributed by atoms with Crippen LogP contribution < -0.4 is 14.8 Å². The summed E-state index contributed by atoms with van der Waals surface area (Å²) in [4.78, 5) is 27.1. The van der Waals surface area contributed by atoms with Gasteiger partial charge < -0.3 is 19.7 Å². The maximum absolute atomic E-state index is 12.9. The van der Waals surface area contributed by atoms with E-state index in [1.807, 2.05) is 0 Å². The number of nitrogens with one attached hydrogen (secondary N) is 1. The fraction of sp³-hybridized carbons (Fsp3) is 0.364. The SMILES string of the molecule is COc1ccc(CCNC(=O)C2CCCN2C(=O)c2cc(Cl)cc(Cl)c2)cc1OC(F)F. The standard InChI is InChI=1S/C22H22Cl2F2N2O4/c1-31-18-5-4-13(9-19(18)32-22(25)26)6-7-27-20(29)17-3-2-8-28(17)21(30)14-10-15(23)12-16(24)11-14/h4-5,9-12,17,22H,2-3,6-8H2,1H3,(H,27,29). The zero-order chi connectivity index (χ0) is 23.3. The number of carbonyl (C=O) groups excluding carboxylic acids is 2. The number of hydrogen-bond acceptors (Lipinski definition) is 4. The third kappa shape index (κ3) is 6.01. The molecular formula is C22H22Cl2F2N2O4. The summed E-state index contributed by atoms with van der Waals surface area (Å²) in [6.07, 6.45) is 1.63. The van der Waals surface area contributed by atoms with Crippen LogP contribution in [-0.4, -0.2) is 49.6 Å². The maximum atomic E-state index is 12.9. The summed E-state index contributed by atoms with van der Waals surface area (Å²) in [5.74, 6) is -0.462. The van der Waals surface area contributed by atoms with E-state index in [1.165, 1.54) is 42.3 Å². The topological polar surface area (TPSA) is 67.9 Å². The van der Waals surface area contributed by atoms with E-state index in [2.05, 4.69) is 10.1 Å². The highest BCUT2D eigenvalue weighted by Crippen LogP contribution is 2.29. The van der Waals surface area contributed by atoms with Crippen molar-refractivity contribution in [2.75, 3.05) is 20.2 Å². The second-order valence-corrected chi connectivity index (χ2v) is 8.09.